The van der Waals surface area contributed by atoms with E-state index in [1.807, 2.05) is 0 Å². The molecule has 1 N–H and O–H groups in total. The predicted molar refractivity (Wildman–Crippen MR) is 78.1 cm³/mol. The number of carboxylic acid groups (broad SMARTS) is 1. The van der Waals surface area contributed by atoms with Crippen LogP contribution < -0.4 is 0 Å². The van der Waals surface area contributed by atoms with Crippen LogP contribution in [0.25, 0.3) is 6.08 Å². The molecule has 0 aromatic heterocycles. The summed E-state index contributed by atoms with van der Waals surface area (Å²) in [6.45, 7) is -0.451. The maximum atomic E-state index is 12.1. The molecule has 1 aromatic rings. The molecule has 8 heteroatoms. The van der Waals surface area contributed by atoms with Gasteiger partial charge in [-0.25, -0.2) is 4.79 Å². The topological polar surface area (TPSA) is 101 Å². The Hall–Kier alpha value is -2.61. The molecular weight excluding hydrogens is 310 g/mol. The molecule has 0 atom stereocenters. The maximum absolute atomic E-state index is 12.1. The monoisotopic (exact) mass is 321 g/mol. The molecule has 1 fully saturated rings. The molecule has 0 unspecified atom stereocenters. The fourth-order valence-corrected chi connectivity index (χ4v) is 2.58. The number of carboxylic acids is 1. The summed E-state index contributed by atoms with van der Waals surface area (Å²) in [5.41, 5.74) is 0.547. The quantitative estimate of drug-likeness (QED) is 0.664. The summed E-state index contributed by atoms with van der Waals surface area (Å²) in [4.78, 5) is 46.8. The first kappa shape index (κ1) is 15.8. The van der Waals surface area contributed by atoms with Crippen molar-refractivity contribution in [3.05, 3.63) is 40.3 Å². The molecule has 114 valence electrons. The van der Waals surface area contributed by atoms with E-state index in [-0.39, 0.29) is 10.5 Å². The zero-order valence-corrected chi connectivity index (χ0v) is 12.3. The van der Waals surface area contributed by atoms with Crippen LogP contribution in [-0.2, 0) is 14.3 Å². The van der Waals surface area contributed by atoms with Gasteiger partial charge in [0.05, 0.1) is 17.6 Å². The molecule has 22 heavy (non-hydrogen) atoms. The van der Waals surface area contributed by atoms with Crippen LogP contribution in [0.15, 0.2) is 29.2 Å². The SMILES string of the molecule is COC(=O)CN1C(=O)S/C(=C\c2cccc(C(=O)O)c2)C1=O. The number of amides is 2. The number of aromatic carboxylic acids is 1. The van der Waals surface area contributed by atoms with Crippen molar-refractivity contribution in [3.63, 3.8) is 0 Å². The van der Waals surface area contributed by atoms with Gasteiger partial charge in [-0.3, -0.25) is 19.3 Å². The molecule has 0 aliphatic carbocycles. The Bertz CT molecular complexity index is 696. The molecule has 1 heterocycles. The highest BCUT2D eigenvalue weighted by atomic mass is 32.2. The molecule has 1 aliphatic heterocycles. The summed E-state index contributed by atoms with van der Waals surface area (Å²) in [6, 6.07) is 5.95. The van der Waals surface area contributed by atoms with Gasteiger partial charge in [-0.05, 0) is 35.5 Å². The average Bonchev–Trinajstić information content (AvgIpc) is 2.75. The van der Waals surface area contributed by atoms with Crippen LogP contribution in [0.1, 0.15) is 15.9 Å². The Kier molecular flexibility index (Phi) is 4.62. The number of carbonyl (C=O) groups excluding carboxylic acids is 3. The van der Waals surface area contributed by atoms with E-state index in [1.54, 1.807) is 6.07 Å². The van der Waals surface area contributed by atoms with Crippen molar-refractivity contribution in [1.29, 1.82) is 0 Å². The molecule has 0 spiro atoms. The normalized spacial score (nSPS) is 16.2. The Morgan fingerprint density at radius 3 is 2.73 bits per heavy atom. The minimum atomic E-state index is -1.09. The van der Waals surface area contributed by atoms with Crippen LogP contribution >= 0.6 is 11.8 Å². The molecule has 7 nitrogen and oxygen atoms in total. The second kappa shape index (κ2) is 6.44. The Labute approximate surface area is 129 Å². The van der Waals surface area contributed by atoms with Crippen molar-refractivity contribution in [1.82, 2.24) is 4.90 Å². The first-order valence-electron chi connectivity index (χ1n) is 6.08. The third-order valence-corrected chi connectivity index (χ3v) is 3.73. The lowest BCUT2D eigenvalue weighted by Crippen LogP contribution is -2.34. The summed E-state index contributed by atoms with van der Waals surface area (Å²) < 4.78 is 4.43. The fourth-order valence-electron chi connectivity index (χ4n) is 1.74. The highest BCUT2D eigenvalue weighted by Gasteiger charge is 2.36. The smallest absolute Gasteiger partial charge is 0.335 e. The van der Waals surface area contributed by atoms with Crippen molar-refractivity contribution in [2.75, 3.05) is 13.7 Å². The van der Waals surface area contributed by atoms with E-state index in [4.69, 9.17) is 5.11 Å². The van der Waals surface area contributed by atoms with E-state index in [0.717, 1.165) is 12.0 Å². The highest BCUT2D eigenvalue weighted by molar-refractivity contribution is 8.18. The average molecular weight is 321 g/mol. The van der Waals surface area contributed by atoms with E-state index in [9.17, 15) is 19.2 Å². The highest BCUT2D eigenvalue weighted by Crippen LogP contribution is 2.32. The zero-order chi connectivity index (χ0) is 16.3. The number of carbonyl (C=O) groups is 4. The summed E-state index contributed by atoms with van der Waals surface area (Å²) in [5, 5.41) is 8.35. The molecule has 1 aromatic carbocycles. The van der Waals surface area contributed by atoms with Crippen LogP contribution in [-0.4, -0.2) is 46.7 Å². The van der Waals surface area contributed by atoms with Crippen molar-refractivity contribution in [2.45, 2.75) is 0 Å². The van der Waals surface area contributed by atoms with Gasteiger partial charge >= 0.3 is 11.9 Å². The van der Waals surface area contributed by atoms with Gasteiger partial charge in [0, 0.05) is 0 Å². The summed E-state index contributed by atoms with van der Waals surface area (Å²) in [7, 11) is 1.16. The van der Waals surface area contributed by atoms with Gasteiger partial charge in [-0.15, -0.1) is 0 Å². The molecular formula is C14H11NO6S. The number of esters is 1. The number of ether oxygens (including phenoxy) is 1. The minimum Gasteiger partial charge on any atom is -0.478 e. The second-order valence-electron chi connectivity index (χ2n) is 4.27. The lowest BCUT2D eigenvalue weighted by Gasteiger charge is -2.09. The van der Waals surface area contributed by atoms with Gasteiger partial charge in [-0.1, -0.05) is 12.1 Å². The van der Waals surface area contributed by atoms with Crippen LogP contribution in [0.4, 0.5) is 4.79 Å². The van der Waals surface area contributed by atoms with E-state index < -0.39 is 29.6 Å². The molecule has 1 saturated heterocycles. The first-order chi connectivity index (χ1) is 10.4. The lowest BCUT2D eigenvalue weighted by molar-refractivity contribution is -0.143. The standard InChI is InChI=1S/C14H11NO6S/c1-21-11(16)7-15-12(17)10(22-14(15)20)6-8-3-2-4-9(5-8)13(18)19/h2-6H,7H2,1H3,(H,18,19)/b10-6-. The zero-order valence-electron chi connectivity index (χ0n) is 11.4. The van der Waals surface area contributed by atoms with E-state index >= 15 is 0 Å². The van der Waals surface area contributed by atoms with Gasteiger partial charge in [0.15, 0.2) is 0 Å². The third kappa shape index (κ3) is 3.34. The van der Waals surface area contributed by atoms with E-state index in [0.29, 0.717) is 17.3 Å². The number of rotatable bonds is 4. The largest absolute Gasteiger partial charge is 0.478 e. The second-order valence-corrected chi connectivity index (χ2v) is 5.27. The molecule has 0 saturated carbocycles. The third-order valence-electron chi connectivity index (χ3n) is 2.82. The minimum absolute atomic E-state index is 0.0718. The van der Waals surface area contributed by atoms with Gasteiger partial charge < -0.3 is 9.84 Å². The number of imide groups is 1. The Balaban J connectivity index is 2.24. The van der Waals surface area contributed by atoms with Crippen LogP contribution in [0.2, 0.25) is 0 Å². The van der Waals surface area contributed by atoms with Gasteiger partial charge in [0.2, 0.25) is 0 Å². The summed E-state index contributed by atoms with van der Waals surface area (Å²) in [6.07, 6.45) is 1.41. The Morgan fingerprint density at radius 1 is 1.36 bits per heavy atom. The number of hydrogen-bond donors (Lipinski definition) is 1. The van der Waals surface area contributed by atoms with Crippen LogP contribution in [0.3, 0.4) is 0 Å². The van der Waals surface area contributed by atoms with Gasteiger partial charge in [-0.2, -0.15) is 0 Å². The molecule has 2 amide bonds. The summed E-state index contributed by atoms with van der Waals surface area (Å²) >= 11 is 0.687. The number of benzene rings is 1. The summed E-state index contributed by atoms with van der Waals surface area (Å²) in [5.74, 6) is -2.40. The van der Waals surface area contributed by atoms with E-state index in [1.165, 1.54) is 24.3 Å². The number of methoxy groups -OCH3 is 1. The molecule has 0 radical (unpaired) electrons. The van der Waals surface area contributed by atoms with Crippen molar-refractivity contribution in [3.8, 4) is 0 Å². The van der Waals surface area contributed by atoms with Crippen molar-refractivity contribution < 1.29 is 29.0 Å². The first-order valence-corrected chi connectivity index (χ1v) is 6.89. The molecule has 1 aliphatic rings. The van der Waals surface area contributed by atoms with Gasteiger partial charge in [0.1, 0.15) is 6.54 Å². The van der Waals surface area contributed by atoms with Crippen molar-refractivity contribution in [2.24, 2.45) is 0 Å². The predicted octanol–water partition coefficient (Wildman–Crippen LogP) is 1.59. The van der Waals surface area contributed by atoms with Crippen LogP contribution in [0.5, 0.6) is 0 Å². The molecule has 0 bridgehead atoms. The van der Waals surface area contributed by atoms with Crippen LogP contribution in [0, 0.1) is 0 Å². The number of nitrogens with zero attached hydrogens (tertiary/aromatic N) is 1. The maximum Gasteiger partial charge on any atom is 0.335 e. The van der Waals surface area contributed by atoms with E-state index in [2.05, 4.69) is 4.74 Å². The van der Waals surface area contributed by atoms with Crippen molar-refractivity contribution >= 4 is 40.9 Å². The number of hydrogen-bond acceptors (Lipinski definition) is 6. The lowest BCUT2D eigenvalue weighted by atomic mass is 10.1. The number of thioether (sulfide) groups is 1. The Morgan fingerprint density at radius 2 is 2.09 bits per heavy atom. The fraction of sp³-hybridized carbons (Fsp3) is 0.143. The molecule has 2 rings (SSSR count). The van der Waals surface area contributed by atoms with Gasteiger partial charge in [0.25, 0.3) is 11.1 Å².